The summed E-state index contributed by atoms with van der Waals surface area (Å²) in [6.45, 7) is 2.72. The van der Waals surface area contributed by atoms with Crippen molar-refractivity contribution < 1.29 is 9.59 Å². The lowest BCUT2D eigenvalue weighted by atomic mass is 10.1. The van der Waals surface area contributed by atoms with Gasteiger partial charge >= 0.3 is 6.03 Å². The Kier molecular flexibility index (Phi) is 5.84. The normalized spacial score (nSPS) is 27.1. The first-order chi connectivity index (χ1) is 8.13. The van der Waals surface area contributed by atoms with E-state index in [-0.39, 0.29) is 18.3 Å². The molecule has 18 heavy (non-hydrogen) atoms. The quantitative estimate of drug-likeness (QED) is 0.667. The minimum absolute atomic E-state index is 0. The fraction of sp³-hybridized carbons (Fsp3) is 0.818. The van der Waals surface area contributed by atoms with Gasteiger partial charge < -0.3 is 16.0 Å². The number of urea groups is 1. The third-order valence-corrected chi connectivity index (χ3v) is 3.53. The molecule has 2 aliphatic heterocycles. The van der Waals surface area contributed by atoms with Gasteiger partial charge in [0, 0.05) is 31.6 Å². The van der Waals surface area contributed by atoms with Crippen molar-refractivity contribution in [3.8, 4) is 0 Å². The van der Waals surface area contributed by atoms with Crippen LogP contribution in [0.1, 0.15) is 25.7 Å². The summed E-state index contributed by atoms with van der Waals surface area (Å²) in [6.07, 6.45) is 3.99. The van der Waals surface area contributed by atoms with E-state index < -0.39 is 6.03 Å². The maximum absolute atomic E-state index is 11.3. The van der Waals surface area contributed by atoms with Gasteiger partial charge in [0.05, 0.1) is 0 Å². The van der Waals surface area contributed by atoms with E-state index in [2.05, 4.69) is 15.5 Å². The number of fused-ring (bicyclic) bond motifs is 2. The van der Waals surface area contributed by atoms with Gasteiger partial charge in [-0.2, -0.15) is 0 Å². The van der Waals surface area contributed by atoms with Crippen LogP contribution in [0.2, 0.25) is 0 Å². The molecule has 3 amide bonds. The Balaban J connectivity index is 0.00000162. The SMILES string of the molecule is Cl.NC(=O)NC(=O)CCN1CCC2CCC(C1)N2. The molecule has 2 aliphatic rings. The van der Waals surface area contributed by atoms with E-state index in [9.17, 15) is 9.59 Å². The second-order valence-electron chi connectivity index (χ2n) is 4.89. The van der Waals surface area contributed by atoms with Crippen molar-refractivity contribution in [3.05, 3.63) is 0 Å². The number of nitrogens with zero attached hydrogens (tertiary/aromatic N) is 1. The zero-order valence-electron chi connectivity index (χ0n) is 10.4. The lowest BCUT2D eigenvalue weighted by Gasteiger charge is -2.23. The summed E-state index contributed by atoms with van der Waals surface area (Å²) in [7, 11) is 0. The lowest BCUT2D eigenvalue weighted by molar-refractivity contribution is -0.120. The van der Waals surface area contributed by atoms with Crippen LogP contribution in [0.25, 0.3) is 0 Å². The van der Waals surface area contributed by atoms with Crippen molar-refractivity contribution in [2.75, 3.05) is 19.6 Å². The zero-order valence-corrected chi connectivity index (χ0v) is 11.2. The average Bonchev–Trinajstić information content (AvgIpc) is 2.56. The third kappa shape index (κ3) is 4.44. The number of primary amides is 1. The molecule has 2 rings (SSSR count). The molecule has 0 spiro atoms. The minimum atomic E-state index is -0.772. The van der Waals surface area contributed by atoms with Gasteiger partial charge in [0.2, 0.25) is 5.91 Å². The van der Waals surface area contributed by atoms with E-state index in [1.54, 1.807) is 0 Å². The van der Waals surface area contributed by atoms with Crippen molar-refractivity contribution in [3.63, 3.8) is 0 Å². The molecular weight excluding hydrogens is 256 g/mol. The van der Waals surface area contributed by atoms with Gasteiger partial charge in [-0.05, 0) is 25.8 Å². The number of carbonyl (C=O) groups is 2. The maximum atomic E-state index is 11.3. The monoisotopic (exact) mass is 276 g/mol. The van der Waals surface area contributed by atoms with Crippen LogP contribution in [-0.4, -0.2) is 48.6 Å². The zero-order chi connectivity index (χ0) is 12.3. The molecule has 0 radical (unpaired) electrons. The van der Waals surface area contributed by atoms with Crippen molar-refractivity contribution in [2.24, 2.45) is 5.73 Å². The predicted molar refractivity (Wildman–Crippen MR) is 70.6 cm³/mol. The van der Waals surface area contributed by atoms with E-state index >= 15 is 0 Å². The number of halogens is 1. The molecule has 2 heterocycles. The van der Waals surface area contributed by atoms with Gasteiger partial charge in [0.25, 0.3) is 0 Å². The number of rotatable bonds is 3. The van der Waals surface area contributed by atoms with E-state index in [0.29, 0.717) is 25.0 Å². The highest BCUT2D eigenvalue weighted by molar-refractivity contribution is 5.93. The van der Waals surface area contributed by atoms with E-state index in [4.69, 9.17) is 5.73 Å². The summed E-state index contributed by atoms with van der Waals surface area (Å²) in [5.74, 6) is -0.292. The third-order valence-electron chi connectivity index (χ3n) is 3.53. The van der Waals surface area contributed by atoms with E-state index in [1.807, 2.05) is 0 Å². The maximum Gasteiger partial charge on any atom is 0.318 e. The molecule has 0 saturated carbocycles. The molecule has 0 aromatic rings. The highest BCUT2D eigenvalue weighted by atomic mass is 35.5. The topological polar surface area (TPSA) is 87.5 Å². The highest BCUT2D eigenvalue weighted by Crippen LogP contribution is 2.20. The Bertz CT molecular complexity index is 313. The highest BCUT2D eigenvalue weighted by Gasteiger charge is 2.29. The summed E-state index contributed by atoms with van der Waals surface area (Å²) >= 11 is 0. The fourth-order valence-electron chi connectivity index (χ4n) is 2.68. The molecular formula is C11H21ClN4O2. The number of nitrogens with two attached hydrogens (primary N) is 1. The van der Waals surface area contributed by atoms with Crippen molar-refractivity contribution in [2.45, 2.75) is 37.8 Å². The number of imide groups is 1. The molecule has 4 N–H and O–H groups in total. The van der Waals surface area contributed by atoms with Crippen molar-refractivity contribution in [1.29, 1.82) is 0 Å². The van der Waals surface area contributed by atoms with Crippen molar-refractivity contribution >= 4 is 24.3 Å². The van der Waals surface area contributed by atoms with Crippen LogP contribution in [0.5, 0.6) is 0 Å². The van der Waals surface area contributed by atoms with Crippen LogP contribution in [-0.2, 0) is 4.79 Å². The van der Waals surface area contributed by atoms with Gasteiger partial charge in [0.1, 0.15) is 0 Å². The van der Waals surface area contributed by atoms with Crippen LogP contribution in [0.4, 0.5) is 4.79 Å². The van der Waals surface area contributed by atoms with Crippen LogP contribution in [0.15, 0.2) is 0 Å². The Morgan fingerprint density at radius 2 is 2.00 bits per heavy atom. The first kappa shape index (κ1) is 15.2. The minimum Gasteiger partial charge on any atom is -0.351 e. The fourth-order valence-corrected chi connectivity index (χ4v) is 2.68. The van der Waals surface area contributed by atoms with Crippen LogP contribution in [0, 0.1) is 0 Å². The summed E-state index contributed by atoms with van der Waals surface area (Å²) in [4.78, 5) is 24.1. The Labute approximate surface area is 113 Å². The molecule has 0 aromatic heterocycles. The van der Waals surface area contributed by atoms with Crippen molar-refractivity contribution in [1.82, 2.24) is 15.5 Å². The molecule has 6 nitrogen and oxygen atoms in total. The Morgan fingerprint density at radius 1 is 1.28 bits per heavy atom. The average molecular weight is 277 g/mol. The molecule has 2 atom stereocenters. The molecule has 2 fully saturated rings. The largest absolute Gasteiger partial charge is 0.351 e. The number of likely N-dealkylation sites (tertiary alicyclic amines) is 1. The standard InChI is InChI=1S/C11H20N4O2.ClH/c12-11(17)14-10(16)4-6-15-5-3-8-1-2-9(7-15)13-8;/h8-9,13H,1-7H2,(H3,12,14,16,17);1H. The molecule has 2 unspecified atom stereocenters. The number of hydrogen-bond donors (Lipinski definition) is 3. The van der Waals surface area contributed by atoms with E-state index in [1.165, 1.54) is 12.8 Å². The smallest absolute Gasteiger partial charge is 0.318 e. The first-order valence-corrected chi connectivity index (χ1v) is 6.21. The second kappa shape index (κ2) is 6.92. The molecule has 0 aromatic carbocycles. The number of hydrogen-bond acceptors (Lipinski definition) is 4. The summed E-state index contributed by atoms with van der Waals surface area (Å²) < 4.78 is 0. The number of nitrogens with one attached hydrogen (secondary N) is 2. The van der Waals surface area contributed by atoms with Crippen LogP contribution < -0.4 is 16.4 Å². The lowest BCUT2D eigenvalue weighted by Crippen LogP contribution is -2.39. The summed E-state index contributed by atoms with van der Waals surface area (Å²) in [6, 6.07) is 0.456. The molecule has 2 bridgehead atoms. The predicted octanol–water partition coefficient (Wildman–Crippen LogP) is -0.180. The van der Waals surface area contributed by atoms with Crippen LogP contribution in [0.3, 0.4) is 0 Å². The molecule has 0 aliphatic carbocycles. The summed E-state index contributed by atoms with van der Waals surface area (Å²) in [5, 5.41) is 5.68. The Morgan fingerprint density at radius 3 is 2.72 bits per heavy atom. The van der Waals surface area contributed by atoms with Gasteiger partial charge in [-0.1, -0.05) is 0 Å². The number of carbonyl (C=O) groups excluding carboxylic acids is 2. The number of amides is 3. The second-order valence-corrected chi connectivity index (χ2v) is 4.89. The van der Waals surface area contributed by atoms with E-state index in [0.717, 1.165) is 19.5 Å². The van der Waals surface area contributed by atoms with Gasteiger partial charge in [0.15, 0.2) is 0 Å². The van der Waals surface area contributed by atoms with Gasteiger partial charge in [-0.3, -0.25) is 10.1 Å². The van der Waals surface area contributed by atoms with Gasteiger partial charge in [-0.15, -0.1) is 12.4 Å². The van der Waals surface area contributed by atoms with Crippen LogP contribution >= 0.6 is 12.4 Å². The Hall–Kier alpha value is -0.850. The summed E-state index contributed by atoms with van der Waals surface area (Å²) in [5.41, 5.74) is 4.88. The molecule has 2 saturated heterocycles. The first-order valence-electron chi connectivity index (χ1n) is 6.21. The molecule has 7 heteroatoms. The van der Waals surface area contributed by atoms with Gasteiger partial charge in [-0.25, -0.2) is 4.79 Å². The molecule has 104 valence electrons.